The molecule has 0 aliphatic heterocycles. The Balaban J connectivity index is 0.000000490. The Labute approximate surface area is 52.0 Å². The lowest BCUT2D eigenvalue weighted by atomic mass is 10.7. The van der Waals surface area contributed by atoms with Gasteiger partial charge in [0.2, 0.25) is 0 Å². The van der Waals surface area contributed by atoms with E-state index in [0.29, 0.717) is 5.88 Å². The molecule has 1 aromatic heterocycles. The molecule has 0 spiro atoms. The first-order chi connectivity index (χ1) is 3.43. The third kappa shape index (κ3) is 1.40. The third-order valence-electron chi connectivity index (χ3n) is 0.535. The van der Waals surface area contributed by atoms with E-state index >= 15 is 0 Å². The minimum Gasteiger partial charge on any atom is -0.388 e. The molecule has 0 amide bonds. The average Bonchev–Trinajstić information content (AvgIpc) is 2.14. The molecule has 4 nitrogen and oxygen atoms in total. The van der Waals surface area contributed by atoms with Gasteiger partial charge in [0.15, 0.2) is 0 Å². The highest BCUT2D eigenvalue weighted by Crippen LogP contribution is 1.99. The largest absolute Gasteiger partial charge is 0.388 e. The van der Waals surface area contributed by atoms with Crippen LogP contribution in [-0.4, -0.2) is 5.16 Å². The van der Waals surface area contributed by atoms with Gasteiger partial charge in [-0.1, -0.05) is 0 Å². The fourth-order valence-corrected chi connectivity index (χ4v) is 0.262. The number of nitrogens with two attached hydrogens (primary N) is 1. The van der Waals surface area contributed by atoms with E-state index in [1.807, 2.05) is 0 Å². The van der Waals surface area contributed by atoms with Crippen LogP contribution < -0.4 is 10.7 Å². The summed E-state index contributed by atoms with van der Waals surface area (Å²) < 4.78 is 4.35. The molecule has 0 bridgehead atoms. The van der Waals surface area contributed by atoms with Gasteiger partial charge in [-0.15, -0.1) is 12.4 Å². The first-order valence-electron chi connectivity index (χ1n) is 1.70. The molecular weight excluding hydrogens is 131 g/mol. The molecule has 2 N–H and O–H groups in total. The van der Waals surface area contributed by atoms with E-state index in [0.717, 1.165) is 0 Å². The van der Waals surface area contributed by atoms with Gasteiger partial charge in [-0.3, -0.25) is 0 Å². The third-order valence-corrected chi connectivity index (χ3v) is 0.535. The lowest BCUT2D eigenvalue weighted by Gasteiger charge is -1.81. The zero-order valence-corrected chi connectivity index (χ0v) is 4.72. The monoisotopic (exact) mass is 136 g/mol. The first-order valence-corrected chi connectivity index (χ1v) is 1.70. The van der Waals surface area contributed by atoms with Crippen molar-refractivity contribution in [1.29, 1.82) is 0 Å². The van der Waals surface area contributed by atoms with Gasteiger partial charge < -0.3 is 9.36 Å². The molecule has 1 rings (SSSR count). The van der Waals surface area contributed by atoms with Crippen molar-refractivity contribution in [3.8, 4) is 5.88 Å². The number of rotatable bonds is 1. The van der Waals surface area contributed by atoms with Crippen LogP contribution in [-0.2, 0) is 0 Å². The van der Waals surface area contributed by atoms with Gasteiger partial charge in [-0.25, -0.2) is 0 Å². The molecule has 0 aromatic carbocycles. The summed E-state index contributed by atoms with van der Waals surface area (Å²) in [7, 11) is 0. The molecule has 5 heteroatoms. The van der Waals surface area contributed by atoms with Crippen LogP contribution in [0.3, 0.4) is 0 Å². The van der Waals surface area contributed by atoms with Crippen LogP contribution in [0, 0.1) is 0 Å². The molecular formula is C3H5ClN2O2. The summed E-state index contributed by atoms with van der Waals surface area (Å²) in [6.45, 7) is 0. The SMILES string of the molecule is Cl.NOc1ccon1. The smallest absolute Gasteiger partial charge is 0.276 e. The molecule has 0 radical (unpaired) electrons. The van der Waals surface area contributed by atoms with Crippen LogP contribution >= 0.6 is 12.4 Å². The molecule has 1 aromatic rings. The zero-order valence-electron chi connectivity index (χ0n) is 3.90. The van der Waals surface area contributed by atoms with Gasteiger partial charge in [0.05, 0.1) is 0 Å². The Hall–Kier alpha value is -0.740. The lowest BCUT2D eigenvalue weighted by Crippen LogP contribution is -2.01. The van der Waals surface area contributed by atoms with Crippen molar-refractivity contribution in [3.63, 3.8) is 0 Å². The Kier molecular flexibility index (Phi) is 2.98. The second-order valence-corrected chi connectivity index (χ2v) is 0.956. The predicted molar refractivity (Wildman–Crippen MR) is 28.6 cm³/mol. The molecule has 0 fully saturated rings. The van der Waals surface area contributed by atoms with Crippen molar-refractivity contribution in [2.75, 3.05) is 0 Å². The highest BCUT2D eigenvalue weighted by atomic mass is 35.5. The second-order valence-electron chi connectivity index (χ2n) is 0.956. The van der Waals surface area contributed by atoms with Crippen molar-refractivity contribution in [3.05, 3.63) is 12.3 Å². The number of hydrogen-bond donors (Lipinski definition) is 1. The molecule has 0 aliphatic rings. The molecule has 0 atom stereocenters. The van der Waals surface area contributed by atoms with Crippen LogP contribution in [0.4, 0.5) is 0 Å². The minimum atomic E-state index is 0. The molecule has 0 aliphatic carbocycles. The van der Waals surface area contributed by atoms with E-state index in [1.165, 1.54) is 12.3 Å². The maximum atomic E-state index is 4.67. The summed E-state index contributed by atoms with van der Waals surface area (Å²) >= 11 is 0. The normalized spacial score (nSPS) is 7.62. The topological polar surface area (TPSA) is 61.3 Å². The summed E-state index contributed by atoms with van der Waals surface area (Å²) in [6, 6.07) is 1.51. The highest BCUT2D eigenvalue weighted by molar-refractivity contribution is 5.85. The Morgan fingerprint density at radius 1 is 1.75 bits per heavy atom. The summed E-state index contributed by atoms with van der Waals surface area (Å²) in [5, 5.41) is 3.31. The zero-order chi connectivity index (χ0) is 5.11. The fraction of sp³-hybridized carbons (Fsp3) is 0. The van der Waals surface area contributed by atoms with E-state index < -0.39 is 0 Å². The van der Waals surface area contributed by atoms with E-state index in [4.69, 9.17) is 0 Å². The van der Waals surface area contributed by atoms with Crippen molar-refractivity contribution in [2.24, 2.45) is 5.90 Å². The second kappa shape index (κ2) is 3.29. The average molecular weight is 137 g/mol. The van der Waals surface area contributed by atoms with Gasteiger partial charge in [0.1, 0.15) is 6.26 Å². The van der Waals surface area contributed by atoms with Gasteiger partial charge in [0, 0.05) is 6.07 Å². The number of halogens is 1. The fourth-order valence-electron chi connectivity index (χ4n) is 0.262. The molecule has 8 heavy (non-hydrogen) atoms. The standard InChI is InChI=1S/C3H4N2O2.ClH/c4-7-3-1-2-6-5-3;/h1-2H,4H2;1H. The maximum absolute atomic E-state index is 4.67. The van der Waals surface area contributed by atoms with E-state index in [-0.39, 0.29) is 12.4 Å². The minimum absolute atomic E-state index is 0. The maximum Gasteiger partial charge on any atom is 0.276 e. The Morgan fingerprint density at radius 2 is 2.50 bits per heavy atom. The molecule has 46 valence electrons. The van der Waals surface area contributed by atoms with Crippen LogP contribution in [0.25, 0.3) is 0 Å². The molecule has 0 saturated heterocycles. The predicted octanol–water partition coefficient (Wildman–Crippen LogP) is 0.349. The van der Waals surface area contributed by atoms with Crippen LogP contribution in [0.5, 0.6) is 5.88 Å². The summed E-state index contributed by atoms with van der Waals surface area (Å²) in [6.07, 6.45) is 1.38. The van der Waals surface area contributed by atoms with E-state index in [1.54, 1.807) is 0 Å². The van der Waals surface area contributed by atoms with Gasteiger partial charge >= 0.3 is 0 Å². The number of nitrogens with zero attached hydrogens (tertiary/aromatic N) is 1. The first kappa shape index (κ1) is 7.26. The van der Waals surface area contributed by atoms with Crippen molar-refractivity contribution in [2.45, 2.75) is 0 Å². The number of hydrogen-bond acceptors (Lipinski definition) is 4. The van der Waals surface area contributed by atoms with Gasteiger partial charge in [-0.05, 0) is 5.16 Å². The quantitative estimate of drug-likeness (QED) is 0.566. The Bertz CT molecular complexity index is 130. The molecule has 1 heterocycles. The summed E-state index contributed by atoms with van der Waals surface area (Å²) in [4.78, 5) is 4.15. The van der Waals surface area contributed by atoms with Gasteiger partial charge in [-0.2, -0.15) is 5.90 Å². The number of aromatic nitrogens is 1. The van der Waals surface area contributed by atoms with Crippen LogP contribution in [0.2, 0.25) is 0 Å². The van der Waals surface area contributed by atoms with Crippen molar-refractivity contribution >= 4 is 12.4 Å². The van der Waals surface area contributed by atoms with E-state index in [2.05, 4.69) is 20.4 Å². The molecule has 0 unspecified atom stereocenters. The van der Waals surface area contributed by atoms with Crippen molar-refractivity contribution in [1.82, 2.24) is 5.16 Å². The molecule has 0 saturated carbocycles. The summed E-state index contributed by atoms with van der Waals surface area (Å²) in [5.74, 6) is 4.96. The summed E-state index contributed by atoms with van der Waals surface area (Å²) in [5.41, 5.74) is 0. The Morgan fingerprint density at radius 3 is 2.75 bits per heavy atom. The van der Waals surface area contributed by atoms with Crippen molar-refractivity contribution < 1.29 is 9.36 Å². The van der Waals surface area contributed by atoms with Gasteiger partial charge in [0.25, 0.3) is 5.88 Å². The highest BCUT2D eigenvalue weighted by Gasteiger charge is 1.88. The van der Waals surface area contributed by atoms with E-state index in [9.17, 15) is 0 Å². The van der Waals surface area contributed by atoms with Crippen LogP contribution in [0.1, 0.15) is 0 Å². The van der Waals surface area contributed by atoms with Crippen LogP contribution in [0.15, 0.2) is 16.9 Å². The lowest BCUT2D eigenvalue weighted by molar-refractivity contribution is 0.289.